The molecule has 0 aliphatic carbocycles. The lowest BCUT2D eigenvalue weighted by Crippen LogP contribution is -2.32. The lowest BCUT2D eigenvalue weighted by Gasteiger charge is -2.23. The summed E-state index contributed by atoms with van der Waals surface area (Å²) in [6.07, 6.45) is 2.61. The zero-order chi connectivity index (χ0) is 22.7. The number of fused-ring (bicyclic) bond motifs is 1. The van der Waals surface area contributed by atoms with E-state index in [1.165, 1.54) is 6.07 Å². The Hall–Kier alpha value is -3.64. The average Bonchev–Trinajstić information content (AvgIpc) is 3.21. The number of para-hydroxylation sites is 1. The first-order chi connectivity index (χ1) is 15.4. The van der Waals surface area contributed by atoms with E-state index in [2.05, 4.69) is 11.1 Å². The van der Waals surface area contributed by atoms with Crippen LogP contribution < -0.4 is 0 Å². The Morgan fingerprint density at radius 2 is 1.84 bits per heavy atom. The average molecular weight is 448 g/mol. The Balaban J connectivity index is 1.62. The number of hydrogen-bond acceptors (Lipinski definition) is 3. The summed E-state index contributed by atoms with van der Waals surface area (Å²) in [4.78, 5) is 29.3. The van der Waals surface area contributed by atoms with Gasteiger partial charge in [-0.15, -0.1) is 0 Å². The van der Waals surface area contributed by atoms with Gasteiger partial charge in [-0.25, -0.2) is 0 Å². The van der Waals surface area contributed by atoms with Gasteiger partial charge >= 0.3 is 0 Å². The van der Waals surface area contributed by atoms with Gasteiger partial charge in [0.05, 0.1) is 4.92 Å². The van der Waals surface area contributed by atoms with Crippen molar-refractivity contribution >= 4 is 34.1 Å². The minimum Gasteiger partial charge on any atom is -0.361 e. The summed E-state index contributed by atoms with van der Waals surface area (Å²) < 4.78 is 0. The number of aromatic amines is 1. The van der Waals surface area contributed by atoms with Crippen molar-refractivity contribution in [1.82, 2.24) is 9.88 Å². The van der Waals surface area contributed by atoms with Crippen LogP contribution in [0.25, 0.3) is 10.9 Å². The number of hydrogen-bond donors (Lipinski definition) is 1. The monoisotopic (exact) mass is 447 g/mol. The maximum absolute atomic E-state index is 13.4. The van der Waals surface area contributed by atoms with Gasteiger partial charge in [-0.1, -0.05) is 48.0 Å². The van der Waals surface area contributed by atoms with E-state index < -0.39 is 4.92 Å². The molecule has 7 heteroatoms. The number of nitro groups is 1. The third-order valence-electron chi connectivity index (χ3n) is 5.55. The smallest absolute Gasteiger partial charge is 0.273 e. The first-order valence-corrected chi connectivity index (χ1v) is 10.6. The molecule has 0 bridgehead atoms. The number of nitrogens with one attached hydrogen (secondary N) is 1. The molecule has 0 unspecified atom stereocenters. The molecule has 4 rings (SSSR count). The molecule has 6 nitrogen and oxygen atoms in total. The van der Waals surface area contributed by atoms with E-state index in [1.54, 1.807) is 36.1 Å². The number of nitrogens with zero attached hydrogens (tertiary/aromatic N) is 2. The second kappa shape index (κ2) is 9.24. The molecule has 0 aliphatic rings. The summed E-state index contributed by atoms with van der Waals surface area (Å²) in [5, 5.41) is 13.1. The number of benzene rings is 3. The Morgan fingerprint density at radius 3 is 2.59 bits per heavy atom. The largest absolute Gasteiger partial charge is 0.361 e. The van der Waals surface area contributed by atoms with Gasteiger partial charge in [-0.3, -0.25) is 14.9 Å². The first kappa shape index (κ1) is 21.6. The van der Waals surface area contributed by atoms with E-state index in [4.69, 9.17) is 11.6 Å². The molecular formula is C25H22ClN3O3. The van der Waals surface area contributed by atoms with Crippen LogP contribution in [-0.2, 0) is 13.0 Å². The van der Waals surface area contributed by atoms with Crippen molar-refractivity contribution in [3.8, 4) is 0 Å². The fraction of sp³-hybridized carbons (Fsp3) is 0.160. The lowest BCUT2D eigenvalue weighted by molar-refractivity contribution is -0.385. The number of aromatic nitrogens is 1. The second-order valence-electron chi connectivity index (χ2n) is 7.72. The van der Waals surface area contributed by atoms with E-state index in [1.807, 2.05) is 36.5 Å². The molecule has 0 aliphatic heterocycles. The van der Waals surface area contributed by atoms with Gasteiger partial charge in [-0.2, -0.15) is 0 Å². The highest BCUT2D eigenvalue weighted by Gasteiger charge is 2.21. The van der Waals surface area contributed by atoms with Gasteiger partial charge in [0.25, 0.3) is 11.6 Å². The molecule has 0 radical (unpaired) electrons. The standard InChI is InChI=1S/C25H22ClN3O3/c1-17-6-9-19(14-24(17)29(31)32)25(30)28(16-18-7-10-21(26)11-8-18)13-12-20-15-27-23-5-3-2-4-22(20)23/h2-11,14-15,27H,12-13,16H2,1H3. The van der Waals surface area contributed by atoms with E-state index in [0.717, 1.165) is 22.0 Å². The van der Waals surface area contributed by atoms with Crippen molar-refractivity contribution < 1.29 is 9.72 Å². The summed E-state index contributed by atoms with van der Waals surface area (Å²) in [5.41, 5.74) is 3.86. The number of amides is 1. The minimum atomic E-state index is -0.457. The number of aryl methyl sites for hydroxylation is 1. The van der Waals surface area contributed by atoms with E-state index in [9.17, 15) is 14.9 Å². The summed E-state index contributed by atoms with van der Waals surface area (Å²) >= 11 is 6.00. The van der Waals surface area contributed by atoms with Crippen LogP contribution in [0.1, 0.15) is 27.0 Å². The maximum Gasteiger partial charge on any atom is 0.273 e. The molecule has 1 heterocycles. The fourth-order valence-electron chi connectivity index (χ4n) is 3.78. The maximum atomic E-state index is 13.4. The van der Waals surface area contributed by atoms with E-state index in [0.29, 0.717) is 35.7 Å². The van der Waals surface area contributed by atoms with Crippen molar-refractivity contribution in [1.29, 1.82) is 0 Å². The molecular weight excluding hydrogens is 426 g/mol. The van der Waals surface area contributed by atoms with Crippen LogP contribution in [0.4, 0.5) is 5.69 Å². The number of nitro benzene ring substituents is 1. The second-order valence-corrected chi connectivity index (χ2v) is 8.16. The van der Waals surface area contributed by atoms with Gasteiger partial charge in [0.15, 0.2) is 0 Å². The normalized spacial score (nSPS) is 10.9. The highest BCUT2D eigenvalue weighted by molar-refractivity contribution is 6.30. The van der Waals surface area contributed by atoms with Crippen LogP contribution in [-0.4, -0.2) is 27.3 Å². The van der Waals surface area contributed by atoms with Crippen LogP contribution in [0, 0.1) is 17.0 Å². The summed E-state index contributed by atoms with van der Waals surface area (Å²) in [6.45, 7) is 2.50. The molecule has 162 valence electrons. The molecule has 32 heavy (non-hydrogen) atoms. The molecule has 0 atom stereocenters. The van der Waals surface area contributed by atoms with Crippen molar-refractivity contribution in [2.24, 2.45) is 0 Å². The Morgan fingerprint density at radius 1 is 1.09 bits per heavy atom. The number of rotatable bonds is 7. The van der Waals surface area contributed by atoms with Crippen LogP contribution >= 0.6 is 11.6 Å². The predicted molar refractivity (Wildman–Crippen MR) is 126 cm³/mol. The Labute approximate surface area is 190 Å². The van der Waals surface area contributed by atoms with Crippen molar-refractivity contribution in [2.75, 3.05) is 6.54 Å². The number of halogens is 1. The predicted octanol–water partition coefficient (Wildman–Crippen LogP) is 5.92. The molecule has 3 aromatic carbocycles. The van der Waals surface area contributed by atoms with Crippen LogP contribution in [0.5, 0.6) is 0 Å². The van der Waals surface area contributed by atoms with Gasteiger partial charge < -0.3 is 9.88 Å². The van der Waals surface area contributed by atoms with Crippen LogP contribution in [0.3, 0.4) is 0 Å². The topological polar surface area (TPSA) is 79.2 Å². The highest BCUT2D eigenvalue weighted by atomic mass is 35.5. The Kier molecular flexibility index (Phi) is 6.23. The molecule has 4 aromatic rings. The first-order valence-electron chi connectivity index (χ1n) is 10.3. The minimum absolute atomic E-state index is 0.0566. The fourth-order valence-corrected chi connectivity index (χ4v) is 3.90. The third-order valence-corrected chi connectivity index (χ3v) is 5.80. The van der Waals surface area contributed by atoms with Gasteiger partial charge in [-0.05, 0) is 48.7 Å². The van der Waals surface area contributed by atoms with E-state index >= 15 is 0 Å². The number of H-pyrrole nitrogens is 1. The molecule has 0 saturated carbocycles. The molecule has 0 saturated heterocycles. The SMILES string of the molecule is Cc1ccc(C(=O)N(CCc2c[nH]c3ccccc23)Cc2ccc(Cl)cc2)cc1[N+](=O)[O-]. The quantitative estimate of drug-likeness (QED) is 0.282. The summed E-state index contributed by atoms with van der Waals surface area (Å²) in [6, 6.07) is 20.0. The van der Waals surface area contributed by atoms with E-state index in [-0.39, 0.29) is 11.6 Å². The van der Waals surface area contributed by atoms with Gasteiger partial charge in [0.2, 0.25) is 0 Å². The Bertz CT molecular complexity index is 1280. The zero-order valence-electron chi connectivity index (χ0n) is 17.5. The third kappa shape index (κ3) is 4.65. The van der Waals surface area contributed by atoms with Gasteiger partial charge in [0.1, 0.15) is 0 Å². The molecule has 0 fully saturated rings. The molecule has 1 aromatic heterocycles. The summed E-state index contributed by atoms with van der Waals surface area (Å²) in [5.74, 6) is -0.247. The van der Waals surface area contributed by atoms with Crippen LogP contribution in [0.15, 0.2) is 72.9 Å². The molecule has 1 amide bonds. The van der Waals surface area contributed by atoms with Crippen LogP contribution in [0.2, 0.25) is 5.02 Å². The lowest BCUT2D eigenvalue weighted by atomic mass is 10.1. The number of carbonyl (C=O) groups excluding carboxylic acids is 1. The van der Waals surface area contributed by atoms with Crippen molar-refractivity contribution in [3.63, 3.8) is 0 Å². The molecule has 1 N–H and O–H groups in total. The highest BCUT2D eigenvalue weighted by Crippen LogP contribution is 2.23. The zero-order valence-corrected chi connectivity index (χ0v) is 18.3. The van der Waals surface area contributed by atoms with Crippen molar-refractivity contribution in [3.05, 3.63) is 110 Å². The number of carbonyl (C=O) groups is 1. The summed E-state index contributed by atoms with van der Waals surface area (Å²) in [7, 11) is 0. The van der Waals surface area contributed by atoms with Crippen molar-refractivity contribution in [2.45, 2.75) is 19.9 Å². The molecule has 0 spiro atoms. The van der Waals surface area contributed by atoms with Gasteiger partial charge in [0, 0.05) is 52.4 Å².